The van der Waals surface area contributed by atoms with E-state index in [1.165, 1.54) is 19.5 Å². The molecule has 1 fully saturated rings. The van der Waals surface area contributed by atoms with Gasteiger partial charge in [0.1, 0.15) is 0 Å². The van der Waals surface area contributed by atoms with Crippen molar-refractivity contribution < 1.29 is 0 Å². The first-order chi connectivity index (χ1) is 4.79. The molecule has 3 N–H and O–H groups in total. The van der Waals surface area contributed by atoms with E-state index in [0.717, 1.165) is 11.0 Å². The average Bonchev–Trinajstić information content (AvgIpc) is 2.34. The molecule has 0 aromatic carbocycles. The van der Waals surface area contributed by atoms with Crippen LogP contribution in [0.4, 0.5) is 0 Å². The summed E-state index contributed by atoms with van der Waals surface area (Å²) in [5, 5.41) is 4.16. The normalized spacial score (nSPS) is 28.8. The molecule has 0 aliphatic carbocycles. The van der Waals surface area contributed by atoms with E-state index >= 15 is 0 Å². The second-order valence-corrected chi connectivity index (χ2v) is 4.26. The third-order valence-corrected chi connectivity index (χ3v) is 3.20. The highest BCUT2D eigenvalue weighted by Crippen LogP contribution is 2.17. The highest BCUT2D eigenvalue weighted by atomic mass is 32.2. The van der Waals surface area contributed by atoms with Crippen LogP contribution in [0.1, 0.15) is 13.3 Å². The lowest BCUT2D eigenvalue weighted by Crippen LogP contribution is -2.20. The molecule has 0 spiro atoms. The first-order valence-electron chi connectivity index (χ1n) is 3.87. The van der Waals surface area contributed by atoms with Crippen LogP contribution in [0.5, 0.6) is 0 Å². The van der Waals surface area contributed by atoms with Crippen LogP contribution in [-0.4, -0.2) is 30.1 Å². The minimum absolute atomic E-state index is 0.352. The second-order valence-electron chi connectivity index (χ2n) is 2.93. The molecule has 0 aromatic rings. The Hall–Kier alpha value is 0.270. The average molecular weight is 160 g/mol. The molecule has 1 heterocycles. The molecule has 10 heavy (non-hydrogen) atoms. The van der Waals surface area contributed by atoms with Crippen molar-refractivity contribution in [2.45, 2.75) is 24.6 Å². The van der Waals surface area contributed by atoms with Crippen LogP contribution in [0.2, 0.25) is 0 Å². The standard InChI is InChI=1S/C7H16N2S/c1-6(8)5-10-7-2-3-9-4-7/h6-7,9H,2-5,8H2,1H3. The molecule has 0 aromatic heterocycles. The predicted octanol–water partition coefficient (Wildman–Crippen LogP) is 0.429. The van der Waals surface area contributed by atoms with Gasteiger partial charge in [-0.3, -0.25) is 0 Å². The van der Waals surface area contributed by atoms with Gasteiger partial charge in [0.15, 0.2) is 0 Å². The van der Waals surface area contributed by atoms with E-state index in [-0.39, 0.29) is 0 Å². The molecule has 3 heteroatoms. The molecule has 1 rings (SSSR count). The van der Waals surface area contributed by atoms with Gasteiger partial charge in [0.25, 0.3) is 0 Å². The summed E-state index contributed by atoms with van der Waals surface area (Å²) < 4.78 is 0. The van der Waals surface area contributed by atoms with Crippen molar-refractivity contribution in [3.05, 3.63) is 0 Å². The zero-order valence-electron chi connectivity index (χ0n) is 6.47. The third kappa shape index (κ3) is 2.90. The minimum atomic E-state index is 0.352. The molecule has 60 valence electrons. The molecular formula is C7H16N2S. The van der Waals surface area contributed by atoms with Gasteiger partial charge in [0.2, 0.25) is 0 Å². The largest absolute Gasteiger partial charge is 0.327 e. The number of hydrogen-bond acceptors (Lipinski definition) is 3. The molecule has 0 radical (unpaired) electrons. The van der Waals surface area contributed by atoms with E-state index in [1.807, 2.05) is 11.8 Å². The van der Waals surface area contributed by atoms with Gasteiger partial charge < -0.3 is 11.1 Å². The van der Waals surface area contributed by atoms with E-state index in [0.29, 0.717) is 6.04 Å². The van der Waals surface area contributed by atoms with E-state index in [4.69, 9.17) is 5.73 Å². The maximum atomic E-state index is 5.63. The van der Waals surface area contributed by atoms with Gasteiger partial charge >= 0.3 is 0 Å². The Morgan fingerprint density at radius 1 is 1.80 bits per heavy atom. The molecule has 1 aliphatic rings. The topological polar surface area (TPSA) is 38.0 Å². The van der Waals surface area contributed by atoms with E-state index in [9.17, 15) is 0 Å². The van der Waals surface area contributed by atoms with E-state index < -0.39 is 0 Å². The lowest BCUT2D eigenvalue weighted by molar-refractivity contribution is 0.838. The summed E-state index contributed by atoms with van der Waals surface area (Å²) in [6.45, 7) is 4.43. The van der Waals surface area contributed by atoms with Crippen molar-refractivity contribution in [2.75, 3.05) is 18.8 Å². The van der Waals surface area contributed by atoms with Gasteiger partial charge in [0.05, 0.1) is 0 Å². The van der Waals surface area contributed by atoms with Crippen molar-refractivity contribution in [3.8, 4) is 0 Å². The molecule has 2 unspecified atom stereocenters. The predicted molar refractivity (Wildman–Crippen MR) is 47.4 cm³/mol. The fourth-order valence-corrected chi connectivity index (χ4v) is 2.15. The Morgan fingerprint density at radius 2 is 2.60 bits per heavy atom. The summed E-state index contributed by atoms with van der Waals surface area (Å²) in [5.74, 6) is 1.10. The van der Waals surface area contributed by atoms with Gasteiger partial charge in [-0.25, -0.2) is 0 Å². The third-order valence-electron chi connectivity index (χ3n) is 1.61. The van der Waals surface area contributed by atoms with Crippen LogP contribution in [-0.2, 0) is 0 Å². The second kappa shape index (κ2) is 4.21. The van der Waals surface area contributed by atoms with E-state index in [2.05, 4.69) is 12.2 Å². The highest BCUT2D eigenvalue weighted by molar-refractivity contribution is 8.00. The van der Waals surface area contributed by atoms with Gasteiger partial charge in [-0.1, -0.05) is 0 Å². The SMILES string of the molecule is CC(N)CSC1CCNC1. The smallest absolute Gasteiger partial charge is 0.0185 e. The Kier molecular flexibility index (Phi) is 3.52. The summed E-state index contributed by atoms with van der Waals surface area (Å²) in [6, 6.07) is 0.352. The molecule has 1 aliphatic heterocycles. The molecular weight excluding hydrogens is 144 g/mol. The minimum Gasteiger partial charge on any atom is -0.327 e. The van der Waals surface area contributed by atoms with Gasteiger partial charge in [-0.15, -0.1) is 0 Å². The summed E-state index contributed by atoms with van der Waals surface area (Å²) in [4.78, 5) is 0. The molecule has 2 nitrogen and oxygen atoms in total. The first kappa shape index (κ1) is 8.37. The Labute approximate surface area is 66.9 Å². The quantitative estimate of drug-likeness (QED) is 0.629. The van der Waals surface area contributed by atoms with Crippen LogP contribution >= 0.6 is 11.8 Å². The fraction of sp³-hybridized carbons (Fsp3) is 1.00. The Bertz CT molecular complexity index is 89.6. The molecule has 0 saturated carbocycles. The van der Waals surface area contributed by atoms with E-state index in [1.54, 1.807) is 0 Å². The Balaban J connectivity index is 2.01. The number of nitrogens with two attached hydrogens (primary N) is 1. The fourth-order valence-electron chi connectivity index (χ4n) is 1.06. The molecule has 0 bridgehead atoms. The summed E-state index contributed by atoms with van der Waals surface area (Å²) >= 11 is 2.00. The molecule has 1 saturated heterocycles. The lowest BCUT2D eigenvalue weighted by Gasteiger charge is -2.09. The molecule has 2 atom stereocenters. The number of thioether (sulfide) groups is 1. The Morgan fingerprint density at radius 3 is 3.10 bits per heavy atom. The highest BCUT2D eigenvalue weighted by Gasteiger charge is 2.14. The number of nitrogens with one attached hydrogen (secondary N) is 1. The van der Waals surface area contributed by atoms with Crippen LogP contribution < -0.4 is 11.1 Å². The van der Waals surface area contributed by atoms with Crippen molar-refractivity contribution in [1.29, 1.82) is 0 Å². The first-order valence-corrected chi connectivity index (χ1v) is 4.92. The van der Waals surface area contributed by atoms with Crippen LogP contribution in [0.25, 0.3) is 0 Å². The van der Waals surface area contributed by atoms with Crippen molar-refractivity contribution in [3.63, 3.8) is 0 Å². The van der Waals surface area contributed by atoms with Gasteiger partial charge in [-0.05, 0) is 19.9 Å². The maximum absolute atomic E-state index is 5.63. The summed E-state index contributed by atoms with van der Waals surface area (Å²) in [7, 11) is 0. The zero-order valence-corrected chi connectivity index (χ0v) is 7.29. The van der Waals surface area contributed by atoms with Gasteiger partial charge in [0, 0.05) is 23.6 Å². The number of hydrogen-bond donors (Lipinski definition) is 2. The summed E-state index contributed by atoms with van der Waals surface area (Å²) in [6.07, 6.45) is 1.32. The van der Waals surface area contributed by atoms with Crippen LogP contribution in [0, 0.1) is 0 Å². The monoisotopic (exact) mass is 160 g/mol. The van der Waals surface area contributed by atoms with Crippen molar-refractivity contribution in [2.24, 2.45) is 5.73 Å². The van der Waals surface area contributed by atoms with Crippen LogP contribution in [0.15, 0.2) is 0 Å². The van der Waals surface area contributed by atoms with Crippen molar-refractivity contribution >= 4 is 11.8 Å². The number of rotatable bonds is 3. The maximum Gasteiger partial charge on any atom is 0.0185 e. The molecule has 0 amide bonds. The lowest BCUT2D eigenvalue weighted by atomic mass is 10.4. The van der Waals surface area contributed by atoms with Crippen LogP contribution in [0.3, 0.4) is 0 Å². The summed E-state index contributed by atoms with van der Waals surface area (Å²) in [5.41, 5.74) is 5.63. The van der Waals surface area contributed by atoms with Crippen molar-refractivity contribution in [1.82, 2.24) is 5.32 Å². The van der Waals surface area contributed by atoms with Gasteiger partial charge in [-0.2, -0.15) is 11.8 Å². The zero-order chi connectivity index (χ0) is 7.40.